The fraction of sp³-hybridized carbons (Fsp3) is 0.600. The summed E-state index contributed by atoms with van der Waals surface area (Å²) in [4.78, 5) is 2.16. The zero-order chi connectivity index (χ0) is 13.7. The van der Waals surface area contributed by atoms with Crippen molar-refractivity contribution in [2.24, 2.45) is 0 Å². The largest absolute Gasteiger partial charge is 0.494 e. The first kappa shape index (κ1) is 15.0. The minimum Gasteiger partial charge on any atom is -0.494 e. The normalized spacial score (nSPS) is 12.8. The van der Waals surface area contributed by atoms with Gasteiger partial charge in [-0.05, 0) is 70.1 Å². The number of nitrogens with zero attached hydrogens (tertiary/aromatic N) is 1. The number of aliphatic hydroxyl groups is 1. The molecular weight excluding hydrogens is 226 g/mol. The Labute approximate surface area is 110 Å². The van der Waals surface area contributed by atoms with Crippen LogP contribution in [-0.4, -0.2) is 37.3 Å². The predicted octanol–water partition coefficient (Wildman–Crippen LogP) is 2.69. The molecule has 0 aliphatic heterocycles. The smallest absolute Gasteiger partial charge is 0.119 e. The number of hydrogen-bond acceptors (Lipinski definition) is 3. The third kappa shape index (κ3) is 3.47. The van der Waals surface area contributed by atoms with Crippen molar-refractivity contribution < 1.29 is 9.84 Å². The Morgan fingerprint density at radius 1 is 1.22 bits per heavy atom. The maximum Gasteiger partial charge on any atom is 0.119 e. The first-order valence-electron chi connectivity index (χ1n) is 6.52. The number of hydrogen-bond donors (Lipinski definition) is 1. The van der Waals surface area contributed by atoms with E-state index in [1.165, 1.54) is 16.7 Å². The lowest BCUT2D eigenvalue weighted by atomic mass is 9.93. The molecule has 0 aromatic heterocycles. The highest BCUT2D eigenvalue weighted by Crippen LogP contribution is 2.31. The van der Waals surface area contributed by atoms with E-state index in [9.17, 15) is 5.11 Å². The maximum atomic E-state index is 9.22. The van der Waals surface area contributed by atoms with Crippen molar-refractivity contribution in [2.45, 2.75) is 33.2 Å². The van der Waals surface area contributed by atoms with E-state index in [1.807, 2.05) is 6.92 Å². The lowest BCUT2D eigenvalue weighted by molar-refractivity contribution is 0.210. The number of benzene rings is 1. The Morgan fingerprint density at radius 3 is 2.17 bits per heavy atom. The van der Waals surface area contributed by atoms with Gasteiger partial charge in [0.05, 0.1) is 6.61 Å². The van der Waals surface area contributed by atoms with Crippen LogP contribution in [0.15, 0.2) is 12.1 Å². The highest BCUT2D eigenvalue weighted by molar-refractivity contribution is 5.43. The van der Waals surface area contributed by atoms with E-state index in [4.69, 9.17) is 4.74 Å². The number of rotatable bonds is 6. The van der Waals surface area contributed by atoms with Crippen LogP contribution in [0.3, 0.4) is 0 Å². The van der Waals surface area contributed by atoms with Crippen LogP contribution in [0.25, 0.3) is 0 Å². The Hall–Kier alpha value is -1.06. The molecule has 0 radical (unpaired) electrons. The van der Waals surface area contributed by atoms with E-state index < -0.39 is 0 Å². The highest BCUT2D eigenvalue weighted by atomic mass is 16.5. The molecule has 0 bridgehead atoms. The van der Waals surface area contributed by atoms with Crippen LogP contribution >= 0.6 is 0 Å². The van der Waals surface area contributed by atoms with Crippen molar-refractivity contribution in [1.29, 1.82) is 0 Å². The van der Waals surface area contributed by atoms with Crippen molar-refractivity contribution in [3.8, 4) is 5.75 Å². The first-order valence-corrected chi connectivity index (χ1v) is 6.52. The molecule has 0 amide bonds. The second kappa shape index (κ2) is 6.76. The zero-order valence-corrected chi connectivity index (χ0v) is 12.2. The number of ether oxygens (including phenoxy) is 1. The van der Waals surface area contributed by atoms with E-state index in [1.54, 1.807) is 0 Å². The molecule has 0 aliphatic carbocycles. The molecule has 0 fully saturated rings. The van der Waals surface area contributed by atoms with E-state index in [-0.39, 0.29) is 12.6 Å². The van der Waals surface area contributed by atoms with Crippen LogP contribution in [0.5, 0.6) is 5.75 Å². The highest BCUT2D eigenvalue weighted by Gasteiger charge is 2.18. The van der Waals surface area contributed by atoms with Gasteiger partial charge < -0.3 is 14.7 Å². The van der Waals surface area contributed by atoms with Crippen molar-refractivity contribution in [3.63, 3.8) is 0 Å². The van der Waals surface area contributed by atoms with Crippen LogP contribution in [-0.2, 0) is 0 Å². The van der Waals surface area contributed by atoms with Gasteiger partial charge in [-0.25, -0.2) is 0 Å². The molecule has 102 valence electrons. The Bertz CT molecular complexity index is 365. The minimum atomic E-state index is 0.203. The Morgan fingerprint density at radius 2 is 1.78 bits per heavy atom. The van der Waals surface area contributed by atoms with Gasteiger partial charge in [0.15, 0.2) is 0 Å². The van der Waals surface area contributed by atoms with E-state index in [0.717, 1.165) is 12.2 Å². The van der Waals surface area contributed by atoms with E-state index >= 15 is 0 Å². The molecule has 18 heavy (non-hydrogen) atoms. The molecule has 0 aliphatic rings. The molecule has 0 saturated carbocycles. The summed E-state index contributed by atoms with van der Waals surface area (Å²) in [5, 5.41) is 9.22. The summed E-state index contributed by atoms with van der Waals surface area (Å²) in [5.74, 6) is 0.928. The Kier molecular flexibility index (Phi) is 5.63. The second-order valence-corrected chi connectivity index (χ2v) is 4.90. The molecule has 3 nitrogen and oxygen atoms in total. The van der Waals surface area contributed by atoms with Gasteiger partial charge in [0.2, 0.25) is 0 Å². The van der Waals surface area contributed by atoms with Crippen molar-refractivity contribution in [2.75, 3.05) is 27.3 Å². The lowest BCUT2D eigenvalue weighted by Gasteiger charge is -2.27. The molecular formula is C15H25NO2. The minimum absolute atomic E-state index is 0.203. The van der Waals surface area contributed by atoms with Gasteiger partial charge >= 0.3 is 0 Å². The SMILES string of the molecule is CCOc1cc(C)c(C(CCO)N(C)C)c(C)c1. The van der Waals surface area contributed by atoms with E-state index in [0.29, 0.717) is 6.61 Å². The molecule has 1 aromatic rings. The standard InChI is InChI=1S/C15H25NO2/c1-6-18-13-9-11(2)15(12(3)10-13)14(7-8-17)16(4)5/h9-10,14,17H,6-8H2,1-5H3. The Balaban J connectivity index is 3.14. The number of aryl methyl sites for hydroxylation is 2. The van der Waals surface area contributed by atoms with Crippen molar-refractivity contribution in [1.82, 2.24) is 4.90 Å². The zero-order valence-electron chi connectivity index (χ0n) is 12.2. The molecule has 3 heteroatoms. The summed E-state index contributed by atoms with van der Waals surface area (Å²) in [5.41, 5.74) is 3.76. The third-order valence-electron chi connectivity index (χ3n) is 3.24. The lowest BCUT2D eigenvalue weighted by Crippen LogP contribution is -2.22. The summed E-state index contributed by atoms with van der Waals surface area (Å²) < 4.78 is 5.56. The molecule has 1 atom stereocenters. The van der Waals surface area contributed by atoms with Crippen molar-refractivity contribution in [3.05, 3.63) is 28.8 Å². The number of aliphatic hydroxyl groups excluding tert-OH is 1. The van der Waals surface area contributed by atoms with Crippen LogP contribution in [0.2, 0.25) is 0 Å². The van der Waals surface area contributed by atoms with Gasteiger partial charge in [-0.15, -0.1) is 0 Å². The fourth-order valence-corrected chi connectivity index (χ4v) is 2.49. The molecule has 1 N–H and O–H groups in total. The average Bonchev–Trinajstić information content (AvgIpc) is 2.27. The maximum absolute atomic E-state index is 9.22. The van der Waals surface area contributed by atoms with E-state index in [2.05, 4.69) is 45.0 Å². The van der Waals surface area contributed by atoms with Gasteiger partial charge in [0.1, 0.15) is 5.75 Å². The molecule has 0 saturated heterocycles. The first-order chi connectivity index (χ1) is 8.51. The van der Waals surface area contributed by atoms with Crippen molar-refractivity contribution >= 4 is 0 Å². The quantitative estimate of drug-likeness (QED) is 0.843. The summed E-state index contributed by atoms with van der Waals surface area (Å²) in [7, 11) is 4.10. The van der Waals surface area contributed by atoms with Crippen LogP contribution < -0.4 is 4.74 Å². The average molecular weight is 251 g/mol. The second-order valence-electron chi connectivity index (χ2n) is 4.90. The summed E-state index contributed by atoms with van der Waals surface area (Å²) in [6.07, 6.45) is 0.753. The monoisotopic (exact) mass is 251 g/mol. The van der Waals surface area contributed by atoms with Gasteiger partial charge in [-0.2, -0.15) is 0 Å². The predicted molar refractivity (Wildman–Crippen MR) is 75.2 cm³/mol. The third-order valence-corrected chi connectivity index (χ3v) is 3.24. The molecule has 1 aromatic carbocycles. The summed E-state index contributed by atoms with van der Waals surface area (Å²) in [6.45, 7) is 7.10. The van der Waals surface area contributed by atoms with Crippen LogP contribution in [0, 0.1) is 13.8 Å². The van der Waals surface area contributed by atoms with Gasteiger partial charge in [-0.1, -0.05) is 0 Å². The van der Waals surface area contributed by atoms with Gasteiger partial charge in [0, 0.05) is 12.6 Å². The van der Waals surface area contributed by atoms with Crippen LogP contribution in [0.1, 0.15) is 36.1 Å². The van der Waals surface area contributed by atoms with Crippen LogP contribution in [0.4, 0.5) is 0 Å². The molecule has 1 unspecified atom stereocenters. The topological polar surface area (TPSA) is 32.7 Å². The van der Waals surface area contributed by atoms with Gasteiger partial charge in [0.25, 0.3) is 0 Å². The molecule has 1 rings (SSSR count). The molecule has 0 spiro atoms. The summed E-state index contributed by atoms with van der Waals surface area (Å²) >= 11 is 0. The molecule has 0 heterocycles. The fourth-order valence-electron chi connectivity index (χ4n) is 2.49. The summed E-state index contributed by atoms with van der Waals surface area (Å²) in [6, 6.07) is 4.42. The van der Waals surface area contributed by atoms with Gasteiger partial charge in [-0.3, -0.25) is 0 Å².